The monoisotopic (exact) mass is 263 g/mol. The van der Waals surface area contributed by atoms with Gasteiger partial charge in [0.2, 0.25) is 0 Å². The number of aliphatic hydroxyl groups is 1. The summed E-state index contributed by atoms with van der Waals surface area (Å²) >= 11 is 5.18. The summed E-state index contributed by atoms with van der Waals surface area (Å²) in [7, 11) is 0. The van der Waals surface area contributed by atoms with E-state index in [1.54, 1.807) is 18.3 Å². The van der Waals surface area contributed by atoms with Crippen molar-refractivity contribution in [3.63, 3.8) is 0 Å². The van der Waals surface area contributed by atoms with Gasteiger partial charge in [0.25, 0.3) is 0 Å². The molecule has 1 heterocycles. The van der Waals surface area contributed by atoms with Crippen LogP contribution >= 0.6 is 27.3 Å². The van der Waals surface area contributed by atoms with Crippen molar-refractivity contribution >= 4 is 27.3 Å². The van der Waals surface area contributed by atoms with Gasteiger partial charge in [0.15, 0.2) is 0 Å². The first-order chi connectivity index (χ1) is 6.18. The average Bonchev–Trinajstić information content (AvgIpc) is 2.45. The summed E-state index contributed by atoms with van der Waals surface area (Å²) in [5.41, 5.74) is 0. The highest BCUT2D eigenvalue weighted by molar-refractivity contribution is 9.11. The summed E-state index contributed by atoms with van der Waals surface area (Å²) in [5, 5.41) is 12.2. The lowest BCUT2D eigenvalue weighted by molar-refractivity contribution is 0.192. The van der Waals surface area contributed by atoms with Crippen molar-refractivity contribution in [1.82, 2.24) is 5.32 Å². The molecule has 1 aromatic rings. The molecule has 1 aromatic heterocycles. The van der Waals surface area contributed by atoms with Crippen LogP contribution in [0.5, 0.6) is 0 Å². The molecule has 0 saturated heterocycles. The van der Waals surface area contributed by atoms with Crippen molar-refractivity contribution in [2.75, 3.05) is 13.1 Å². The third-order valence-electron chi connectivity index (χ3n) is 1.62. The van der Waals surface area contributed by atoms with Gasteiger partial charge in [0.1, 0.15) is 0 Å². The molecule has 0 bridgehead atoms. The lowest BCUT2D eigenvalue weighted by Crippen LogP contribution is -2.26. The average molecular weight is 264 g/mol. The topological polar surface area (TPSA) is 32.3 Å². The number of rotatable bonds is 5. The number of nitrogens with one attached hydrogen (secondary N) is 1. The summed E-state index contributed by atoms with van der Waals surface area (Å²) < 4.78 is 1.18. The minimum atomic E-state index is -0.255. The van der Waals surface area contributed by atoms with Crippen LogP contribution in [0, 0.1) is 0 Å². The molecule has 2 N–H and O–H groups in total. The van der Waals surface area contributed by atoms with Gasteiger partial charge in [0, 0.05) is 18.0 Å². The van der Waals surface area contributed by atoms with Crippen molar-refractivity contribution in [3.8, 4) is 0 Å². The summed E-state index contributed by atoms with van der Waals surface area (Å²) in [6.45, 7) is 3.39. The zero-order valence-corrected chi connectivity index (χ0v) is 9.99. The fourth-order valence-corrected chi connectivity index (χ4v) is 2.49. The minimum Gasteiger partial charge on any atom is -0.392 e. The molecular weight excluding hydrogens is 250 g/mol. The van der Waals surface area contributed by atoms with Crippen LogP contribution in [-0.2, 0) is 6.42 Å². The Bertz CT molecular complexity index is 250. The second-order valence-corrected chi connectivity index (χ2v) is 5.56. The predicted molar refractivity (Wildman–Crippen MR) is 60.3 cm³/mol. The van der Waals surface area contributed by atoms with Crippen LogP contribution in [0.1, 0.15) is 11.8 Å². The largest absolute Gasteiger partial charge is 0.392 e. The molecule has 0 aliphatic carbocycles. The van der Waals surface area contributed by atoms with E-state index in [9.17, 15) is 0 Å². The molecule has 0 aliphatic rings. The number of hydrogen-bond donors (Lipinski definition) is 2. The van der Waals surface area contributed by atoms with Crippen LogP contribution in [0.25, 0.3) is 0 Å². The predicted octanol–water partition coefficient (Wildman–Crippen LogP) is 2.02. The zero-order valence-electron chi connectivity index (χ0n) is 7.59. The quantitative estimate of drug-likeness (QED) is 0.797. The Kier molecular flexibility index (Phi) is 4.94. The molecule has 0 fully saturated rings. The lowest BCUT2D eigenvalue weighted by Gasteiger charge is -2.05. The van der Waals surface area contributed by atoms with Gasteiger partial charge in [-0.3, -0.25) is 0 Å². The van der Waals surface area contributed by atoms with Crippen molar-refractivity contribution < 1.29 is 5.11 Å². The van der Waals surface area contributed by atoms with Crippen LogP contribution in [0.3, 0.4) is 0 Å². The Morgan fingerprint density at radius 2 is 2.38 bits per heavy atom. The number of thiophene rings is 1. The maximum Gasteiger partial charge on any atom is 0.0701 e. The molecular formula is C9H14BrNOS. The smallest absolute Gasteiger partial charge is 0.0701 e. The standard InChI is InChI=1S/C9H14BrNOS/c1-7(12)6-11-5-4-8-2-3-9(10)13-8/h2-3,7,11-12H,4-6H2,1H3/t7-/m1/s1. The zero-order chi connectivity index (χ0) is 9.68. The minimum absolute atomic E-state index is 0.255. The van der Waals surface area contributed by atoms with Gasteiger partial charge in [-0.25, -0.2) is 0 Å². The molecule has 0 saturated carbocycles. The van der Waals surface area contributed by atoms with Crippen LogP contribution in [0.2, 0.25) is 0 Å². The maximum absolute atomic E-state index is 8.99. The maximum atomic E-state index is 8.99. The van der Waals surface area contributed by atoms with Crippen molar-refractivity contribution in [1.29, 1.82) is 0 Å². The highest BCUT2D eigenvalue weighted by Gasteiger charge is 1.98. The van der Waals surface area contributed by atoms with E-state index in [0.717, 1.165) is 13.0 Å². The molecule has 0 unspecified atom stereocenters. The molecule has 13 heavy (non-hydrogen) atoms. The SMILES string of the molecule is C[C@@H](O)CNCCc1ccc(Br)s1. The Hall–Kier alpha value is 0.1000. The van der Waals surface area contributed by atoms with Gasteiger partial charge in [-0.2, -0.15) is 0 Å². The highest BCUT2D eigenvalue weighted by Crippen LogP contribution is 2.21. The Labute approximate surface area is 91.1 Å². The summed E-state index contributed by atoms with van der Waals surface area (Å²) in [5.74, 6) is 0. The first-order valence-electron chi connectivity index (χ1n) is 4.31. The molecule has 4 heteroatoms. The van der Waals surface area contributed by atoms with Gasteiger partial charge < -0.3 is 10.4 Å². The Morgan fingerprint density at radius 1 is 1.62 bits per heavy atom. The van der Waals surface area contributed by atoms with Crippen LogP contribution < -0.4 is 5.32 Å². The molecule has 1 atom stereocenters. The summed E-state index contributed by atoms with van der Waals surface area (Å²) in [4.78, 5) is 1.37. The third-order valence-corrected chi connectivity index (χ3v) is 3.30. The molecule has 0 aliphatic heterocycles. The number of hydrogen-bond acceptors (Lipinski definition) is 3. The highest BCUT2D eigenvalue weighted by atomic mass is 79.9. The lowest BCUT2D eigenvalue weighted by atomic mass is 10.3. The number of aliphatic hydroxyl groups excluding tert-OH is 1. The van der Waals surface area contributed by atoms with E-state index in [-0.39, 0.29) is 6.10 Å². The molecule has 0 radical (unpaired) electrons. The van der Waals surface area contributed by atoms with Gasteiger partial charge in [0.05, 0.1) is 9.89 Å². The fourth-order valence-electron chi connectivity index (χ4n) is 1.01. The molecule has 0 aromatic carbocycles. The van der Waals surface area contributed by atoms with Crippen LogP contribution in [0.4, 0.5) is 0 Å². The van der Waals surface area contributed by atoms with E-state index in [0.29, 0.717) is 6.54 Å². The Balaban J connectivity index is 2.13. The van der Waals surface area contributed by atoms with Gasteiger partial charge in [-0.05, 0) is 41.4 Å². The first kappa shape index (κ1) is 11.2. The molecule has 0 amide bonds. The van der Waals surface area contributed by atoms with E-state index >= 15 is 0 Å². The molecule has 74 valence electrons. The van der Waals surface area contributed by atoms with Gasteiger partial charge >= 0.3 is 0 Å². The third kappa shape index (κ3) is 4.76. The van der Waals surface area contributed by atoms with Crippen molar-refractivity contribution in [2.24, 2.45) is 0 Å². The van der Waals surface area contributed by atoms with Gasteiger partial charge in [-0.1, -0.05) is 0 Å². The van der Waals surface area contributed by atoms with Crippen LogP contribution in [0.15, 0.2) is 15.9 Å². The Morgan fingerprint density at radius 3 is 2.92 bits per heavy atom. The van der Waals surface area contributed by atoms with E-state index < -0.39 is 0 Å². The van der Waals surface area contributed by atoms with Crippen molar-refractivity contribution in [3.05, 3.63) is 20.8 Å². The van der Waals surface area contributed by atoms with E-state index in [4.69, 9.17) is 5.11 Å². The second kappa shape index (κ2) is 5.75. The normalized spacial score (nSPS) is 13.2. The van der Waals surface area contributed by atoms with E-state index in [2.05, 4.69) is 33.4 Å². The summed E-state index contributed by atoms with van der Waals surface area (Å²) in [6.07, 6.45) is 0.776. The van der Waals surface area contributed by atoms with Gasteiger partial charge in [-0.15, -0.1) is 11.3 Å². The second-order valence-electron chi connectivity index (χ2n) is 3.01. The fraction of sp³-hybridized carbons (Fsp3) is 0.556. The molecule has 0 spiro atoms. The van der Waals surface area contributed by atoms with E-state index in [1.807, 2.05) is 0 Å². The van der Waals surface area contributed by atoms with Crippen LogP contribution in [-0.4, -0.2) is 24.3 Å². The molecule has 2 nitrogen and oxygen atoms in total. The van der Waals surface area contributed by atoms with Crippen molar-refractivity contribution in [2.45, 2.75) is 19.4 Å². The van der Waals surface area contributed by atoms with E-state index in [1.165, 1.54) is 8.66 Å². The first-order valence-corrected chi connectivity index (χ1v) is 5.92. The summed E-state index contributed by atoms with van der Waals surface area (Å²) in [6, 6.07) is 4.19. The number of halogens is 1. The molecule has 1 rings (SSSR count).